The molecule has 0 aliphatic carbocycles. The van der Waals surface area contributed by atoms with Crippen LogP contribution in [0.3, 0.4) is 0 Å². The summed E-state index contributed by atoms with van der Waals surface area (Å²) < 4.78 is 5.61. The van der Waals surface area contributed by atoms with Crippen LogP contribution in [0.25, 0.3) is 0 Å². The first-order valence-electron chi connectivity index (χ1n) is 7.90. The summed E-state index contributed by atoms with van der Waals surface area (Å²) in [7, 11) is 0. The fourth-order valence-electron chi connectivity index (χ4n) is 2.35. The van der Waals surface area contributed by atoms with Crippen molar-refractivity contribution in [3.63, 3.8) is 0 Å². The first-order chi connectivity index (χ1) is 11.1. The average molecular weight is 312 g/mol. The molecular formula is C19H24N2O2. The number of hydrogen-bond acceptors (Lipinski definition) is 3. The lowest BCUT2D eigenvalue weighted by molar-refractivity contribution is 0.0949. The molecule has 0 aliphatic heterocycles. The number of amides is 1. The molecule has 0 bridgehead atoms. The Bertz CT molecular complexity index is 668. The molecule has 4 heteroatoms. The molecule has 2 aromatic rings. The van der Waals surface area contributed by atoms with E-state index < -0.39 is 0 Å². The molecule has 0 unspecified atom stereocenters. The largest absolute Gasteiger partial charge is 0.399 e. The van der Waals surface area contributed by atoms with Crippen molar-refractivity contribution >= 4 is 11.6 Å². The lowest BCUT2D eigenvalue weighted by atomic mass is 10.1. The Hall–Kier alpha value is -2.33. The zero-order valence-corrected chi connectivity index (χ0v) is 13.8. The monoisotopic (exact) mass is 312 g/mol. The van der Waals surface area contributed by atoms with Gasteiger partial charge in [-0.25, -0.2) is 0 Å². The van der Waals surface area contributed by atoms with Crippen LogP contribution in [0.15, 0.2) is 42.5 Å². The minimum Gasteiger partial charge on any atom is -0.399 e. The molecule has 23 heavy (non-hydrogen) atoms. The number of anilines is 1. The zero-order valence-electron chi connectivity index (χ0n) is 13.8. The van der Waals surface area contributed by atoms with Crippen molar-refractivity contribution in [3.05, 3.63) is 64.7 Å². The second kappa shape index (κ2) is 8.34. The maximum Gasteiger partial charge on any atom is 0.251 e. The molecule has 0 saturated heterocycles. The van der Waals surface area contributed by atoms with E-state index in [0.29, 0.717) is 24.4 Å². The summed E-state index contributed by atoms with van der Waals surface area (Å²) >= 11 is 0. The summed E-state index contributed by atoms with van der Waals surface area (Å²) in [5.41, 5.74) is 10.1. The fourth-order valence-corrected chi connectivity index (χ4v) is 2.35. The van der Waals surface area contributed by atoms with Crippen LogP contribution in [0, 0.1) is 6.92 Å². The van der Waals surface area contributed by atoms with E-state index in [1.165, 1.54) is 0 Å². The van der Waals surface area contributed by atoms with Crippen LogP contribution >= 0.6 is 0 Å². The van der Waals surface area contributed by atoms with Crippen LogP contribution in [0.2, 0.25) is 0 Å². The standard InChI is InChI=1S/C19H24N2O2/c1-3-10-23-13-16-7-5-4-6-15(16)12-21-19(22)18-11-17(20)9-8-14(18)2/h4-9,11H,3,10,12-13,20H2,1-2H3,(H,21,22). The van der Waals surface area contributed by atoms with Crippen molar-refractivity contribution in [1.82, 2.24) is 5.32 Å². The molecule has 1 amide bonds. The second-order valence-electron chi connectivity index (χ2n) is 5.58. The Balaban J connectivity index is 2.03. The molecular weight excluding hydrogens is 288 g/mol. The van der Waals surface area contributed by atoms with E-state index in [1.54, 1.807) is 12.1 Å². The molecule has 0 aromatic heterocycles. The molecule has 2 rings (SSSR count). The van der Waals surface area contributed by atoms with E-state index in [1.807, 2.05) is 37.3 Å². The SMILES string of the molecule is CCCOCc1ccccc1CNC(=O)c1cc(N)ccc1C. The summed E-state index contributed by atoms with van der Waals surface area (Å²) in [6.07, 6.45) is 0.994. The number of carbonyl (C=O) groups is 1. The summed E-state index contributed by atoms with van der Waals surface area (Å²) in [6.45, 7) is 5.76. The van der Waals surface area contributed by atoms with Crippen molar-refractivity contribution in [2.45, 2.75) is 33.4 Å². The Kier molecular flexibility index (Phi) is 6.18. The predicted molar refractivity (Wildman–Crippen MR) is 93.2 cm³/mol. The highest BCUT2D eigenvalue weighted by atomic mass is 16.5. The predicted octanol–water partition coefficient (Wildman–Crippen LogP) is 3.43. The third kappa shape index (κ3) is 4.83. The first kappa shape index (κ1) is 17.0. The number of nitrogens with two attached hydrogens (primary N) is 1. The average Bonchev–Trinajstić information content (AvgIpc) is 2.56. The van der Waals surface area contributed by atoms with E-state index in [9.17, 15) is 4.79 Å². The number of ether oxygens (including phenoxy) is 1. The lowest BCUT2D eigenvalue weighted by Crippen LogP contribution is -2.24. The van der Waals surface area contributed by atoms with Crippen molar-refractivity contribution in [2.75, 3.05) is 12.3 Å². The van der Waals surface area contributed by atoms with Gasteiger partial charge >= 0.3 is 0 Å². The number of benzene rings is 2. The lowest BCUT2D eigenvalue weighted by Gasteiger charge is -2.12. The van der Waals surface area contributed by atoms with Gasteiger partial charge in [0, 0.05) is 24.4 Å². The number of carbonyl (C=O) groups excluding carboxylic acids is 1. The van der Waals surface area contributed by atoms with Gasteiger partial charge in [0.25, 0.3) is 5.91 Å². The molecule has 0 saturated carbocycles. The minimum absolute atomic E-state index is 0.112. The quantitative estimate of drug-likeness (QED) is 0.608. The van der Waals surface area contributed by atoms with Gasteiger partial charge in [0.15, 0.2) is 0 Å². The van der Waals surface area contributed by atoms with Gasteiger partial charge in [-0.2, -0.15) is 0 Å². The fraction of sp³-hybridized carbons (Fsp3) is 0.316. The number of aryl methyl sites for hydroxylation is 1. The van der Waals surface area contributed by atoms with Gasteiger partial charge in [0.2, 0.25) is 0 Å². The molecule has 0 atom stereocenters. The summed E-state index contributed by atoms with van der Waals surface area (Å²) in [5, 5.41) is 2.96. The van der Waals surface area contributed by atoms with Gasteiger partial charge in [0.05, 0.1) is 6.61 Å². The van der Waals surface area contributed by atoms with Gasteiger partial charge in [-0.1, -0.05) is 37.3 Å². The maximum absolute atomic E-state index is 12.4. The van der Waals surface area contributed by atoms with Crippen molar-refractivity contribution < 1.29 is 9.53 Å². The van der Waals surface area contributed by atoms with Gasteiger partial charge in [-0.15, -0.1) is 0 Å². The van der Waals surface area contributed by atoms with Gasteiger partial charge in [-0.05, 0) is 42.2 Å². The van der Waals surface area contributed by atoms with Gasteiger partial charge in [-0.3, -0.25) is 4.79 Å². The van der Waals surface area contributed by atoms with Crippen LogP contribution in [0.5, 0.6) is 0 Å². The van der Waals surface area contributed by atoms with Gasteiger partial charge < -0.3 is 15.8 Å². The van der Waals surface area contributed by atoms with Gasteiger partial charge in [0.1, 0.15) is 0 Å². The van der Waals surface area contributed by atoms with E-state index in [2.05, 4.69) is 12.2 Å². The van der Waals surface area contributed by atoms with Crippen LogP contribution in [-0.4, -0.2) is 12.5 Å². The highest BCUT2D eigenvalue weighted by Gasteiger charge is 2.10. The van der Waals surface area contributed by atoms with E-state index in [4.69, 9.17) is 10.5 Å². The molecule has 3 N–H and O–H groups in total. The smallest absolute Gasteiger partial charge is 0.251 e. The second-order valence-corrected chi connectivity index (χ2v) is 5.58. The highest BCUT2D eigenvalue weighted by Crippen LogP contribution is 2.14. The minimum atomic E-state index is -0.112. The number of rotatable bonds is 7. The zero-order chi connectivity index (χ0) is 16.7. The van der Waals surface area contributed by atoms with E-state index >= 15 is 0 Å². The Labute approximate surface area is 137 Å². The van der Waals surface area contributed by atoms with Crippen LogP contribution in [-0.2, 0) is 17.9 Å². The summed E-state index contributed by atoms with van der Waals surface area (Å²) in [6, 6.07) is 13.4. The van der Waals surface area contributed by atoms with E-state index in [-0.39, 0.29) is 5.91 Å². The third-order valence-corrected chi connectivity index (χ3v) is 3.67. The molecule has 0 radical (unpaired) electrons. The Morgan fingerprint density at radius 2 is 1.91 bits per heavy atom. The van der Waals surface area contributed by atoms with Crippen LogP contribution in [0.4, 0.5) is 5.69 Å². The molecule has 122 valence electrons. The molecule has 0 aliphatic rings. The van der Waals surface area contributed by atoms with Crippen molar-refractivity contribution in [2.24, 2.45) is 0 Å². The topological polar surface area (TPSA) is 64.3 Å². The molecule has 0 fully saturated rings. The Morgan fingerprint density at radius 3 is 2.65 bits per heavy atom. The van der Waals surface area contributed by atoms with Crippen molar-refractivity contribution in [1.29, 1.82) is 0 Å². The molecule has 0 spiro atoms. The highest BCUT2D eigenvalue weighted by molar-refractivity contribution is 5.96. The van der Waals surface area contributed by atoms with E-state index in [0.717, 1.165) is 29.7 Å². The normalized spacial score (nSPS) is 10.5. The molecule has 2 aromatic carbocycles. The number of nitrogens with one attached hydrogen (secondary N) is 1. The number of hydrogen-bond donors (Lipinski definition) is 2. The van der Waals surface area contributed by atoms with Crippen LogP contribution in [0.1, 0.15) is 40.4 Å². The summed E-state index contributed by atoms with van der Waals surface area (Å²) in [5.74, 6) is -0.112. The van der Waals surface area contributed by atoms with Crippen molar-refractivity contribution in [3.8, 4) is 0 Å². The maximum atomic E-state index is 12.4. The first-order valence-corrected chi connectivity index (χ1v) is 7.90. The third-order valence-electron chi connectivity index (χ3n) is 3.67. The number of nitrogen functional groups attached to an aromatic ring is 1. The van der Waals surface area contributed by atoms with Crippen LogP contribution < -0.4 is 11.1 Å². The Morgan fingerprint density at radius 1 is 1.17 bits per heavy atom. The molecule has 0 heterocycles. The molecule has 4 nitrogen and oxygen atoms in total. The summed E-state index contributed by atoms with van der Waals surface area (Å²) in [4.78, 5) is 12.4.